The van der Waals surface area contributed by atoms with Gasteiger partial charge in [-0.1, -0.05) is 27.7 Å². The predicted octanol–water partition coefficient (Wildman–Crippen LogP) is 3.57. The van der Waals surface area contributed by atoms with Crippen molar-refractivity contribution in [3.05, 3.63) is 18.2 Å². The topological polar surface area (TPSA) is 29.9 Å². The minimum Gasteiger partial charge on any atom is -0.334 e. The van der Waals surface area contributed by atoms with Gasteiger partial charge in [-0.2, -0.15) is 23.5 Å². The number of imidazole rings is 1. The average Bonchev–Trinajstić information content (AvgIpc) is 2.88. The summed E-state index contributed by atoms with van der Waals surface area (Å²) in [5.41, 5.74) is 0. The molecule has 3 nitrogen and oxygen atoms in total. The normalized spacial score (nSPS) is 28.5. The second-order valence-electron chi connectivity index (χ2n) is 5.43. The minimum atomic E-state index is 0.369. The van der Waals surface area contributed by atoms with Crippen molar-refractivity contribution in [1.82, 2.24) is 14.9 Å². The summed E-state index contributed by atoms with van der Waals surface area (Å²) in [5.74, 6) is 2.43. The highest BCUT2D eigenvalue weighted by molar-refractivity contribution is 8.07. The van der Waals surface area contributed by atoms with Crippen molar-refractivity contribution in [2.75, 3.05) is 12.3 Å². The fourth-order valence-electron chi connectivity index (χ4n) is 2.62. The van der Waals surface area contributed by atoms with Crippen molar-refractivity contribution in [2.45, 2.75) is 62.5 Å². The van der Waals surface area contributed by atoms with Crippen molar-refractivity contribution in [3.8, 4) is 0 Å². The van der Waals surface area contributed by atoms with Gasteiger partial charge < -0.3 is 9.88 Å². The molecule has 2 rings (SSSR count). The van der Waals surface area contributed by atoms with Crippen LogP contribution in [0, 0.1) is 0 Å². The first kappa shape index (κ1) is 16.2. The highest BCUT2D eigenvalue weighted by Crippen LogP contribution is 2.40. The van der Waals surface area contributed by atoms with Gasteiger partial charge in [0.25, 0.3) is 0 Å². The van der Waals surface area contributed by atoms with E-state index in [2.05, 4.69) is 72.3 Å². The molecule has 4 unspecified atom stereocenters. The number of thioether (sulfide) groups is 2. The van der Waals surface area contributed by atoms with Crippen LogP contribution >= 0.6 is 23.5 Å². The third-order valence-electron chi connectivity index (χ3n) is 3.86. The Kier molecular flexibility index (Phi) is 6.30. The van der Waals surface area contributed by atoms with E-state index < -0.39 is 0 Å². The SMILES string of the molecule is CCCn1ccnc1C(NCC)C1CSC(C)C(C)S1. The van der Waals surface area contributed by atoms with Gasteiger partial charge in [0.1, 0.15) is 5.82 Å². The van der Waals surface area contributed by atoms with Crippen LogP contribution in [0.1, 0.15) is 46.0 Å². The number of nitrogens with zero attached hydrogens (tertiary/aromatic N) is 2. The fourth-order valence-corrected chi connectivity index (χ4v) is 5.70. The number of hydrogen-bond donors (Lipinski definition) is 1. The zero-order valence-corrected chi connectivity index (χ0v) is 14.6. The molecule has 5 heteroatoms. The second-order valence-corrected chi connectivity index (χ2v) is 8.46. The lowest BCUT2D eigenvalue weighted by molar-refractivity contribution is 0.487. The lowest BCUT2D eigenvalue weighted by atomic mass is 10.2. The molecule has 0 radical (unpaired) electrons. The van der Waals surface area contributed by atoms with Crippen LogP contribution in [0.25, 0.3) is 0 Å². The van der Waals surface area contributed by atoms with E-state index in [0.717, 1.165) is 30.0 Å². The van der Waals surface area contributed by atoms with Crippen molar-refractivity contribution in [1.29, 1.82) is 0 Å². The first-order chi connectivity index (χ1) is 9.67. The third kappa shape index (κ3) is 3.74. The number of rotatable bonds is 6. The third-order valence-corrected chi connectivity index (χ3v) is 7.35. The van der Waals surface area contributed by atoms with Crippen LogP contribution < -0.4 is 5.32 Å². The fraction of sp³-hybridized carbons (Fsp3) is 0.800. The van der Waals surface area contributed by atoms with E-state index in [0.29, 0.717) is 11.3 Å². The maximum absolute atomic E-state index is 4.65. The summed E-state index contributed by atoms with van der Waals surface area (Å²) in [6, 6.07) is 0.369. The summed E-state index contributed by atoms with van der Waals surface area (Å²) >= 11 is 4.24. The molecule has 114 valence electrons. The zero-order valence-electron chi connectivity index (χ0n) is 13.0. The molecular weight excluding hydrogens is 286 g/mol. The summed E-state index contributed by atoms with van der Waals surface area (Å²) in [6.07, 6.45) is 5.22. The lowest BCUT2D eigenvalue weighted by Gasteiger charge is -2.36. The Labute approximate surface area is 131 Å². The van der Waals surface area contributed by atoms with Crippen LogP contribution in [-0.2, 0) is 6.54 Å². The smallest absolute Gasteiger partial charge is 0.127 e. The quantitative estimate of drug-likeness (QED) is 0.869. The molecule has 0 saturated carbocycles. The van der Waals surface area contributed by atoms with Crippen LogP contribution in [0.2, 0.25) is 0 Å². The van der Waals surface area contributed by atoms with Crippen LogP contribution in [0.5, 0.6) is 0 Å². The standard InChI is InChI=1S/C15H27N3S2/c1-5-8-18-9-7-17-15(18)14(16-6-2)13-10-19-11(3)12(4)20-13/h7,9,11-14,16H,5-6,8,10H2,1-4H3. The molecule has 1 N–H and O–H groups in total. The molecule has 1 fully saturated rings. The molecule has 1 aliphatic rings. The summed E-state index contributed by atoms with van der Waals surface area (Å²) < 4.78 is 2.32. The molecule has 0 aromatic carbocycles. The van der Waals surface area contributed by atoms with Gasteiger partial charge in [0.2, 0.25) is 0 Å². The van der Waals surface area contributed by atoms with Gasteiger partial charge in [-0.15, -0.1) is 0 Å². The predicted molar refractivity (Wildman–Crippen MR) is 91.7 cm³/mol. The van der Waals surface area contributed by atoms with Crippen molar-refractivity contribution in [3.63, 3.8) is 0 Å². The number of nitrogens with one attached hydrogen (secondary N) is 1. The Morgan fingerprint density at radius 2 is 2.20 bits per heavy atom. The maximum atomic E-state index is 4.65. The Morgan fingerprint density at radius 3 is 2.85 bits per heavy atom. The maximum Gasteiger partial charge on any atom is 0.127 e. The Bertz CT molecular complexity index is 408. The van der Waals surface area contributed by atoms with Gasteiger partial charge in [-0.05, 0) is 13.0 Å². The molecule has 0 amide bonds. The van der Waals surface area contributed by atoms with Gasteiger partial charge in [0.15, 0.2) is 0 Å². The van der Waals surface area contributed by atoms with E-state index in [4.69, 9.17) is 0 Å². The van der Waals surface area contributed by atoms with Crippen LogP contribution in [-0.4, -0.2) is 37.6 Å². The van der Waals surface area contributed by atoms with Gasteiger partial charge >= 0.3 is 0 Å². The zero-order chi connectivity index (χ0) is 14.5. The molecule has 20 heavy (non-hydrogen) atoms. The monoisotopic (exact) mass is 313 g/mol. The summed E-state index contributed by atoms with van der Waals surface area (Å²) in [4.78, 5) is 4.65. The van der Waals surface area contributed by atoms with Crippen LogP contribution in [0.15, 0.2) is 12.4 Å². The molecule has 1 aliphatic heterocycles. The largest absolute Gasteiger partial charge is 0.334 e. The average molecular weight is 314 g/mol. The number of aryl methyl sites for hydroxylation is 1. The summed E-state index contributed by atoms with van der Waals surface area (Å²) in [6.45, 7) is 11.2. The van der Waals surface area contributed by atoms with Crippen molar-refractivity contribution in [2.24, 2.45) is 0 Å². The first-order valence-corrected chi connectivity index (χ1v) is 9.68. The first-order valence-electron chi connectivity index (χ1n) is 7.68. The van der Waals surface area contributed by atoms with E-state index in [9.17, 15) is 0 Å². The van der Waals surface area contributed by atoms with Gasteiger partial charge in [0, 0.05) is 40.4 Å². The molecule has 0 spiro atoms. The number of hydrogen-bond acceptors (Lipinski definition) is 4. The molecule has 1 aromatic rings. The van der Waals surface area contributed by atoms with Crippen molar-refractivity contribution < 1.29 is 0 Å². The molecule has 4 atom stereocenters. The molecule has 1 saturated heterocycles. The summed E-state index contributed by atoms with van der Waals surface area (Å²) in [5, 5.41) is 5.76. The minimum absolute atomic E-state index is 0.369. The van der Waals surface area contributed by atoms with Gasteiger partial charge in [-0.25, -0.2) is 4.98 Å². The van der Waals surface area contributed by atoms with E-state index in [-0.39, 0.29) is 0 Å². The van der Waals surface area contributed by atoms with Gasteiger partial charge in [0.05, 0.1) is 6.04 Å². The Hall–Kier alpha value is -0.130. The van der Waals surface area contributed by atoms with E-state index >= 15 is 0 Å². The molecule has 1 aromatic heterocycles. The van der Waals surface area contributed by atoms with Crippen LogP contribution in [0.4, 0.5) is 0 Å². The number of aromatic nitrogens is 2. The Balaban J connectivity index is 2.15. The van der Waals surface area contributed by atoms with E-state index in [1.165, 1.54) is 11.6 Å². The second kappa shape index (κ2) is 7.76. The van der Waals surface area contributed by atoms with E-state index in [1.54, 1.807) is 0 Å². The summed E-state index contributed by atoms with van der Waals surface area (Å²) in [7, 11) is 0. The van der Waals surface area contributed by atoms with Gasteiger partial charge in [-0.3, -0.25) is 0 Å². The Morgan fingerprint density at radius 1 is 1.40 bits per heavy atom. The molecular formula is C15H27N3S2. The molecule has 0 aliphatic carbocycles. The van der Waals surface area contributed by atoms with Crippen molar-refractivity contribution >= 4 is 23.5 Å². The molecule has 0 bridgehead atoms. The lowest BCUT2D eigenvalue weighted by Crippen LogP contribution is -2.38. The highest BCUT2D eigenvalue weighted by Gasteiger charge is 2.33. The van der Waals surface area contributed by atoms with Crippen LogP contribution in [0.3, 0.4) is 0 Å². The van der Waals surface area contributed by atoms with E-state index in [1.807, 2.05) is 6.20 Å². The highest BCUT2D eigenvalue weighted by atomic mass is 32.2. The molecule has 2 heterocycles.